The van der Waals surface area contributed by atoms with Crippen molar-refractivity contribution in [2.24, 2.45) is 7.05 Å². The van der Waals surface area contributed by atoms with Crippen LogP contribution in [0.15, 0.2) is 84.9 Å². The average molecular weight is 718 g/mol. The maximum absolute atomic E-state index is 11.7. The molecule has 1 fully saturated rings. The van der Waals surface area contributed by atoms with Gasteiger partial charge in [0.2, 0.25) is 0 Å². The number of anilines is 2. The molecule has 0 spiro atoms. The summed E-state index contributed by atoms with van der Waals surface area (Å²) in [6, 6.07) is 29.3. The van der Waals surface area contributed by atoms with E-state index >= 15 is 0 Å². The summed E-state index contributed by atoms with van der Waals surface area (Å²) in [4.78, 5) is 2.35. The molecule has 0 saturated carbocycles. The van der Waals surface area contributed by atoms with E-state index in [2.05, 4.69) is 80.5 Å². The molecule has 10 nitrogen and oxygen atoms in total. The van der Waals surface area contributed by atoms with Crippen LogP contribution in [0.4, 0.5) is 11.4 Å². The van der Waals surface area contributed by atoms with Crippen LogP contribution in [-0.2, 0) is 36.1 Å². The van der Waals surface area contributed by atoms with E-state index in [1.807, 2.05) is 45.2 Å². The number of benzene rings is 4. The summed E-state index contributed by atoms with van der Waals surface area (Å²) in [6.45, 7) is 9.38. The van der Waals surface area contributed by atoms with Gasteiger partial charge in [-0.15, -0.1) is 0 Å². The Hall–Kier alpha value is -4.87. The number of nitrogens with one attached hydrogen (secondary N) is 1. The molecule has 0 radical (unpaired) electrons. The Bertz CT molecular complexity index is 2130. The van der Waals surface area contributed by atoms with Crippen LogP contribution in [0.3, 0.4) is 0 Å². The predicted octanol–water partition coefficient (Wildman–Crippen LogP) is 7.37. The zero-order chi connectivity index (χ0) is 36.7. The van der Waals surface area contributed by atoms with Gasteiger partial charge in [-0.05, 0) is 74.4 Å². The van der Waals surface area contributed by atoms with Crippen molar-refractivity contribution < 1.29 is 24.4 Å². The summed E-state index contributed by atoms with van der Waals surface area (Å²) in [7, 11) is 1.87. The molecule has 1 aliphatic heterocycles. The standard InChI is InChI=1S/C43H51N5O5/c1-4-52-43(50)42-36(16-9-26-53-39-17-7-12-31-11-5-6-13-34(31)39)35-14-8-15-37(40-30(2)45-46(3)38(40)29-49)41(35)48(42)23-10-22-44-32-18-20-33(21-19-32)47-24-27-51-28-25-47/h5-8,11-15,17-21,43-44,49-50H,4,9-10,16,22-29H2,1-3H3. The summed E-state index contributed by atoms with van der Waals surface area (Å²) >= 11 is 0. The third kappa shape index (κ3) is 7.77. The molecule has 6 aromatic rings. The lowest BCUT2D eigenvalue weighted by Crippen LogP contribution is -2.36. The lowest BCUT2D eigenvalue weighted by atomic mass is 9.98. The summed E-state index contributed by atoms with van der Waals surface area (Å²) in [5.41, 5.74) is 8.59. The van der Waals surface area contributed by atoms with Crippen LogP contribution in [0.1, 0.15) is 48.7 Å². The van der Waals surface area contributed by atoms with Gasteiger partial charge in [0.15, 0.2) is 6.29 Å². The Labute approximate surface area is 311 Å². The number of rotatable bonds is 16. The molecule has 0 amide bonds. The number of morpholine rings is 1. The molecule has 1 atom stereocenters. The zero-order valence-corrected chi connectivity index (χ0v) is 31.1. The van der Waals surface area contributed by atoms with Crippen molar-refractivity contribution >= 4 is 33.1 Å². The minimum atomic E-state index is -1.11. The first-order chi connectivity index (χ1) is 26.0. The SMILES string of the molecule is CCOC(O)c1c(CCCOc2cccc3ccccc23)c2cccc(-c3c(C)nn(C)c3CO)c2n1CCCNc1ccc(N2CCOCC2)cc1. The number of aliphatic hydroxyl groups is 2. The molecule has 1 unspecified atom stereocenters. The van der Waals surface area contributed by atoms with Crippen LogP contribution in [-0.4, -0.2) is 70.6 Å². The third-order valence-corrected chi connectivity index (χ3v) is 10.3. The molecule has 3 heterocycles. The van der Waals surface area contributed by atoms with E-state index in [4.69, 9.17) is 14.2 Å². The van der Waals surface area contributed by atoms with Gasteiger partial charge in [0.1, 0.15) is 5.75 Å². The summed E-state index contributed by atoms with van der Waals surface area (Å²) in [5, 5.41) is 33.7. The normalized spacial score (nSPS) is 13.9. The monoisotopic (exact) mass is 717 g/mol. The molecule has 1 saturated heterocycles. The average Bonchev–Trinajstić information content (AvgIpc) is 3.67. The van der Waals surface area contributed by atoms with E-state index < -0.39 is 6.29 Å². The molecule has 0 aliphatic carbocycles. The molecule has 10 heteroatoms. The summed E-state index contributed by atoms with van der Waals surface area (Å²) < 4.78 is 21.8. The van der Waals surface area contributed by atoms with E-state index in [9.17, 15) is 10.2 Å². The quantitative estimate of drug-likeness (QED) is 0.0704. The van der Waals surface area contributed by atoms with Crippen molar-refractivity contribution in [3.63, 3.8) is 0 Å². The number of aliphatic hydroxyl groups excluding tert-OH is 2. The zero-order valence-electron chi connectivity index (χ0n) is 31.1. The minimum Gasteiger partial charge on any atom is -0.493 e. The number of aromatic nitrogens is 3. The third-order valence-electron chi connectivity index (χ3n) is 10.3. The number of nitrogens with zero attached hydrogens (tertiary/aromatic N) is 4. The smallest absolute Gasteiger partial charge is 0.196 e. The van der Waals surface area contributed by atoms with Gasteiger partial charge >= 0.3 is 0 Å². The lowest BCUT2D eigenvalue weighted by molar-refractivity contribution is -0.103. The number of hydrogen-bond acceptors (Lipinski definition) is 8. The molecule has 53 heavy (non-hydrogen) atoms. The molecule has 2 aromatic heterocycles. The first-order valence-corrected chi connectivity index (χ1v) is 18.8. The van der Waals surface area contributed by atoms with Crippen molar-refractivity contribution in [2.75, 3.05) is 56.3 Å². The van der Waals surface area contributed by atoms with Crippen molar-refractivity contribution in [3.8, 4) is 16.9 Å². The summed E-state index contributed by atoms with van der Waals surface area (Å²) in [6.07, 6.45) is 1.12. The van der Waals surface area contributed by atoms with E-state index in [1.54, 1.807) is 4.68 Å². The van der Waals surface area contributed by atoms with Gasteiger partial charge in [-0.3, -0.25) is 4.68 Å². The number of aryl methyl sites for hydroxylation is 4. The van der Waals surface area contributed by atoms with Crippen molar-refractivity contribution in [2.45, 2.75) is 52.6 Å². The predicted molar refractivity (Wildman–Crippen MR) is 212 cm³/mol. The number of ether oxygens (including phenoxy) is 3. The Morgan fingerprint density at radius 3 is 2.47 bits per heavy atom. The van der Waals surface area contributed by atoms with Gasteiger partial charge in [-0.2, -0.15) is 5.10 Å². The highest BCUT2D eigenvalue weighted by Crippen LogP contribution is 2.40. The van der Waals surface area contributed by atoms with Crippen molar-refractivity contribution in [1.82, 2.24) is 14.3 Å². The van der Waals surface area contributed by atoms with Gasteiger partial charge in [0, 0.05) is 73.1 Å². The first-order valence-electron chi connectivity index (χ1n) is 18.8. The highest BCUT2D eigenvalue weighted by atomic mass is 16.6. The van der Waals surface area contributed by atoms with Crippen LogP contribution >= 0.6 is 0 Å². The Balaban J connectivity index is 1.19. The fourth-order valence-corrected chi connectivity index (χ4v) is 7.79. The molecule has 0 bridgehead atoms. The fourth-order valence-electron chi connectivity index (χ4n) is 7.79. The highest BCUT2D eigenvalue weighted by molar-refractivity contribution is 5.99. The van der Waals surface area contributed by atoms with Gasteiger partial charge in [0.25, 0.3) is 0 Å². The first kappa shape index (κ1) is 36.5. The summed E-state index contributed by atoms with van der Waals surface area (Å²) in [5.74, 6) is 0.870. The van der Waals surface area contributed by atoms with E-state index in [0.29, 0.717) is 26.2 Å². The van der Waals surface area contributed by atoms with E-state index in [0.717, 1.165) is 113 Å². The number of para-hydroxylation sites is 1. The van der Waals surface area contributed by atoms with Crippen molar-refractivity contribution in [3.05, 3.63) is 108 Å². The van der Waals surface area contributed by atoms with Crippen LogP contribution in [0.5, 0.6) is 5.75 Å². The molecular weight excluding hydrogens is 667 g/mol. The molecule has 7 rings (SSSR count). The molecular formula is C43H51N5O5. The maximum Gasteiger partial charge on any atom is 0.196 e. The van der Waals surface area contributed by atoms with Crippen LogP contribution in [0.25, 0.3) is 32.8 Å². The van der Waals surface area contributed by atoms with E-state index in [1.165, 1.54) is 5.69 Å². The Morgan fingerprint density at radius 2 is 1.68 bits per heavy atom. The van der Waals surface area contributed by atoms with Crippen LogP contribution in [0, 0.1) is 6.92 Å². The maximum atomic E-state index is 11.7. The number of fused-ring (bicyclic) bond motifs is 2. The van der Waals surface area contributed by atoms with Gasteiger partial charge in [-0.25, -0.2) is 0 Å². The molecule has 278 valence electrons. The molecule has 4 aromatic carbocycles. The molecule has 1 aliphatic rings. The Kier molecular flexibility index (Phi) is 11.6. The van der Waals surface area contributed by atoms with E-state index in [-0.39, 0.29) is 6.61 Å². The molecule has 3 N–H and O–H groups in total. The largest absolute Gasteiger partial charge is 0.493 e. The highest BCUT2D eigenvalue weighted by Gasteiger charge is 2.27. The second-order valence-corrected chi connectivity index (χ2v) is 13.6. The van der Waals surface area contributed by atoms with Crippen molar-refractivity contribution in [1.29, 1.82) is 0 Å². The van der Waals surface area contributed by atoms with Gasteiger partial charge < -0.3 is 39.2 Å². The fraction of sp³-hybridized carbons (Fsp3) is 0.372. The Morgan fingerprint density at radius 1 is 0.925 bits per heavy atom. The number of hydrogen-bond donors (Lipinski definition) is 3. The second-order valence-electron chi connectivity index (χ2n) is 13.6. The second kappa shape index (κ2) is 16.9. The van der Waals surface area contributed by atoms with Gasteiger partial charge in [-0.1, -0.05) is 54.6 Å². The minimum absolute atomic E-state index is 0.134. The topological polar surface area (TPSA) is 106 Å². The van der Waals surface area contributed by atoms with Crippen LogP contribution in [0.2, 0.25) is 0 Å². The lowest BCUT2D eigenvalue weighted by Gasteiger charge is -2.29. The van der Waals surface area contributed by atoms with Crippen LogP contribution < -0.4 is 15.0 Å². The van der Waals surface area contributed by atoms with Gasteiger partial charge in [0.05, 0.1) is 49.0 Å².